The molecule has 0 unspecified atom stereocenters. The number of carbonyl (C=O) groups is 1. The van der Waals surface area contributed by atoms with Crippen LogP contribution in [0.1, 0.15) is 33.6 Å². The molecule has 0 aliphatic carbocycles. The predicted molar refractivity (Wildman–Crippen MR) is 53.3 cm³/mol. The summed E-state index contributed by atoms with van der Waals surface area (Å²) < 4.78 is 4.96. The van der Waals surface area contributed by atoms with Crippen molar-refractivity contribution in [1.82, 2.24) is 0 Å². The fourth-order valence-corrected chi connectivity index (χ4v) is 0.898. The fraction of sp³-hybridized carbons (Fsp3) is 0.700. The van der Waals surface area contributed by atoms with E-state index < -0.39 is 0 Å². The Morgan fingerprint density at radius 3 is 2.62 bits per heavy atom. The normalized spacial score (nSPS) is 11.9. The van der Waals surface area contributed by atoms with Crippen molar-refractivity contribution >= 4 is 5.97 Å². The number of hydrogen-bond acceptors (Lipinski definition) is 3. The minimum atomic E-state index is -0.175. The van der Waals surface area contributed by atoms with Gasteiger partial charge in [0.2, 0.25) is 0 Å². The van der Waals surface area contributed by atoms with Crippen molar-refractivity contribution in [2.45, 2.75) is 39.7 Å². The molecule has 0 amide bonds. The van der Waals surface area contributed by atoms with Gasteiger partial charge in [-0.2, -0.15) is 0 Å². The van der Waals surface area contributed by atoms with Crippen molar-refractivity contribution in [3.63, 3.8) is 0 Å². The van der Waals surface area contributed by atoms with E-state index >= 15 is 0 Å². The topological polar surface area (TPSA) is 52.3 Å². The van der Waals surface area contributed by atoms with Crippen LogP contribution in [-0.4, -0.2) is 18.6 Å². The Morgan fingerprint density at radius 1 is 1.54 bits per heavy atom. The largest absolute Gasteiger partial charge is 0.463 e. The second kappa shape index (κ2) is 6.66. The van der Waals surface area contributed by atoms with Crippen LogP contribution in [0.25, 0.3) is 0 Å². The van der Waals surface area contributed by atoms with Crippen LogP contribution in [0.4, 0.5) is 0 Å². The number of ether oxygens (including phenoxy) is 1. The van der Waals surface area contributed by atoms with Crippen LogP contribution in [0.5, 0.6) is 0 Å². The van der Waals surface area contributed by atoms with Crippen molar-refractivity contribution in [1.29, 1.82) is 0 Å². The number of nitrogens with two attached hydrogens (primary N) is 1. The SMILES string of the molecule is CC(=CCC(=O)OC(C)C)CCN. The van der Waals surface area contributed by atoms with Crippen molar-refractivity contribution in [2.75, 3.05) is 6.54 Å². The molecule has 0 spiro atoms. The van der Waals surface area contributed by atoms with Crippen LogP contribution in [0.2, 0.25) is 0 Å². The van der Waals surface area contributed by atoms with Gasteiger partial charge in [0.05, 0.1) is 12.5 Å². The molecular formula is C10H19NO2. The molecule has 0 atom stereocenters. The highest BCUT2D eigenvalue weighted by Crippen LogP contribution is 2.01. The van der Waals surface area contributed by atoms with E-state index in [1.807, 2.05) is 26.8 Å². The maximum absolute atomic E-state index is 11.1. The molecular weight excluding hydrogens is 166 g/mol. The molecule has 0 heterocycles. The Bertz CT molecular complexity index is 185. The summed E-state index contributed by atoms with van der Waals surface area (Å²) in [5.74, 6) is -0.175. The zero-order valence-corrected chi connectivity index (χ0v) is 8.67. The van der Waals surface area contributed by atoms with E-state index in [0.717, 1.165) is 12.0 Å². The lowest BCUT2D eigenvalue weighted by Crippen LogP contribution is -2.10. The van der Waals surface area contributed by atoms with Gasteiger partial charge in [-0.3, -0.25) is 4.79 Å². The van der Waals surface area contributed by atoms with Crippen molar-refractivity contribution < 1.29 is 9.53 Å². The summed E-state index contributed by atoms with van der Waals surface area (Å²) in [4.78, 5) is 11.1. The summed E-state index contributed by atoms with van der Waals surface area (Å²) >= 11 is 0. The van der Waals surface area contributed by atoms with E-state index in [0.29, 0.717) is 13.0 Å². The first-order valence-electron chi connectivity index (χ1n) is 4.61. The standard InChI is InChI=1S/C10H19NO2/c1-8(2)13-10(12)5-4-9(3)6-7-11/h4,8H,5-7,11H2,1-3H3. The maximum atomic E-state index is 11.1. The Hall–Kier alpha value is -0.830. The van der Waals surface area contributed by atoms with Gasteiger partial charge in [-0.1, -0.05) is 11.6 Å². The monoisotopic (exact) mass is 185 g/mol. The molecule has 0 aromatic carbocycles. The molecule has 2 N–H and O–H groups in total. The molecule has 13 heavy (non-hydrogen) atoms. The highest BCUT2D eigenvalue weighted by Gasteiger charge is 2.02. The van der Waals surface area contributed by atoms with E-state index in [-0.39, 0.29) is 12.1 Å². The highest BCUT2D eigenvalue weighted by atomic mass is 16.5. The second-order valence-electron chi connectivity index (χ2n) is 3.33. The quantitative estimate of drug-likeness (QED) is 0.523. The van der Waals surface area contributed by atoms with Crippen LogP contribution in [0.3, 0.4) is 0 Å². The third-order valence-electron chi connectivity index (χ3n) is 1.52. The lowest BCUT2D eigenvalue weighted by atomic mass is 10.2. The van der Waals surface area contributed by atoms with E-state index in [1.54, 1.807) is 0 Å². The summed E-state index contributed by atoms with van der Waals surface area (Å²) in [6.07, 6.45) is 3.03. The van der Waals surface area contributed by atoms with E-state index in [9.17, 15) is 4.79 Å². The first kappa shape index (κ1) is 12.2. The number of carbonyl (C=O) groups excluding carboxylic acids is 1. The van der Waals surface area contributed by atoms with Gasteiger partial charge >= 0.3 is 5.97 Å². The Kier molecular flexibility index (Phi) is 6.24. The van der Waals surface area contributed by atoms with Gasteiger partial charge in [0.25, 0.3) is 0 Å². The summed E-state index contributed by atoms with van der Waals surface area (Å²) in [5, 5.41) is 0. The smallest absolute Gasteiger partial charge is 0.309 e. The molecule has 0 rings (SSSR count). The van der Waals surface area contributed by atoms with Crippen LogP contribution in [0.15, 0.2) is 11.6 Å². The molecule has 0 aromatic rings. The molecule has 3 heteroatoms. The van der Waals surface area contributed by atoms with Crippen LogP contribution >= 0.6 is 0 Å². The first-order valence-corrected chi connectivity index (χ1v) is 4.61. The van der Waals surface area contributed by atoms with Crippen molar-refractivity contribution in [2.24, 2.45) is 5.73 Å². The third kappa shape index (κ3) is 7.53. The van der Waals surface area contributed by atoms with Crippen LogP contribution in [0, 0.1) is 0 Å². The Morgan fingerprint density at radius 2 is 2.15 bits per heavy atom. The van der Waals surface area contributed by atoms with Gasteiger partial charge in [-0.25, -0.2) is 0 Å². The molecule has 0 bridgehead atoms. The average Bonchev–Trinajstić information content (AvgIpc) is 2.00. The second-order valence-corrected chi connectivity index (χ2v) is 3.33. The lowest BCUT2D eigenvalue weighted by Gasteiger charge is -2.06. The van der Waals surface area contributed by atoms with Crippen molar-refractivity contribution in [3.8, 4) is 0 Å². The zero-order valence-electron chi connectivity index (χ0n) is 8.67. The van der Waals surface area contributed by atoms with Gasteiger partial charge in [-0.05, 0) is 33.7 Å². The molecule has 0 aliphatic heterocycles. The summed E-state index contributed by atoms with van der Waals surface area (Å²) in [5.41, 5.74) is 6.50. The van der Waals surface area contributed by atoms with E-state index in [1.165, 1.54) is 0 Å². The molecule has 3 nitrogen and oxygen atoms in total. The third-order valence-corrected chi connectivity index (χ3v) is 1.52. The molecule has 0 aliphatic rings. The van der Waals surface area contributed by atoms with Crippen LogP contribution in [-0.2, 0) is 9.53 Å². The average molecular weight is 185 g/mol. The number of esters is 1. The number of rotatable bonds is 5. The lowest BCUT2D eigenvalue weighted by molar-refractivity contribution is -0.146. The molecule has 0 radical (unpaired) electrons. The molecule has 0 saturated carbocycles. The summed E-state index contributed by atoms with van der Waals surface area (Å²) in [7, 11) is 0. The van der Waals surface area contributed by atoms with Gasteiger partial charge < -0.3 is 10.5 Å². The Labute approximate surface area is 79.9 Å². The Balaban J connectivity index is 3.73. The molecule has 76 valence electrons. The van der Waals surface area contributed by atoms with Gasteiger partial charge in [0.15, 0.2) is 0 Å². The molecule has 0 fully saturated rings. The summed E-state index contributed by atoms with van der Waals surface area (Å²) in [6, 6.07) is 0. The van der Waals surface area contributed by atoms with Crippen LogP contribution < -0.4 is 5.73 Å². The molecule has 0 saturated heterocycles. The van der Waals surface area contributed by atoms with Crippen molar-refractivity contribution in [3.05, 3.63) is 11.6 Å². The van der Waals surface area contributed by atoms with Gasteiger partial charge in [0, 0.05) is 0 Å². The first-order chi connectivity index (χ1) is 6.06. The minimum Gasteiger partial charge on any atom is -0.463 e. The van der Waals surface area contributed by atoms with E-state index in [2.05, 4.69) is 0 Å². The molecule has 0 aromatic heterocycles. The zero-order chi connectivity index (χ0) is 10.3. The number of hydrogen-bond donors (Lipinski definition) is 1. The van der Waals surface area contributed by atoms with E-state index in [4.69, 9.17) is 10.5 Å². The minimum absolute atomic E-state index is 0.0317. The van der Waals surface area contributed by atoms with Gasteiger partial charge in [-0.15, -0.1) is 0 Å². The predicted octanol–water partition coefficient (Wildman–Crippen LogP) is 1.62. The van der Waals surface area contributed by atoms with Gasteiger partial charge in [0.1, 0.15) is 0 Å². The fourth-order valence-electron chi connectivity index (χ4n) is 0.898. The highest BCUT2D eigenvalue weighted by molar-refractivity contribution is 5.71. The summed E-state index contributed by atoms with van der Waals surface area (Å²) in [6.45, 7) is 6.28. The maximum Gasteiger partial charge on any atom is 0.309 e.